The van der Waals surface area contributed by atoms with E-state index in [4.69, 9.17) is 10.7 Å². The highest BCUT2D eigenvalue weighted by atomic mass is 15.3. The van der Waals surface area contributed by atoms with Crippen molar-refractivity contribution in [1.82, 2.24) is 9.80 Å². The smallest absolute Gasteiger partial charge is 0.191 e. The van der Waals surface area contributed by atoms with Gasteiger partial charge in [-0.15, -0.1) is 0 Å². The van der Waals surface area contributed by atoms with Crippen LogP contribution < -0.4 is 5.73 Å². The quantitative estimate of drug-likeness (QED) is 0.621. The number of guanidine groups is 1. The van der Waals surface area contributed by atoms with Crippen molar-refractivity contribution in [3.05, 3.63) is 0 Å². The minimum atomic E-state index is 0.624. The van der Waals surface area contributed by atoms with Crippen molar-refractivity contribution < 1.29 is 0 Å². The molecule has 0 bridgehead atoms. The number of likely N-dealkylation sites (tertiary alicyclic amines) is 2. The van der Waals surface area contributed by atoms with E-state index in [2.05, 4.69) is 16.7 Å². The van der Waals surface area contributed by atoms with E-state index in [1.807, 2.05) is 0 Å². The summed E-state index contributed by atoms with van der Waals surface area (Å²) in [4.78, 5) is 9.61. The van der Waals surface area contributed by atoms with Crippen LogP contribution in [0.2, 0.25) is 0 Å². The number of piperidine rings is 2. The molecule has 0 spiro atoms. The highest BCUT2D eigenvalue weighted by Crippen LogP contribution is 2.18. The van der Waals surface area contributed by atoms with Crippen molar-refractivity contribution in [1.29, 1.82) is 0 Å². The molecule has 2 saturated heterocycles. The highest BCUT2D eigenvalue weighted by molar-refractivity contribution is 5.78. The molecule has 2 aliphatic heterocycles. The Morgan fingerprint density at radius 3 is 2.60 bits per heavy atom. The average molecular weight is 280 g/mol. The third kappa shape index (κ3) is 4.65. The van der Waals surface area contributed by atoms with Gasteiger partial charge >= 0.3 is 0 Å². The molecular weight excluding hydrogens is 248 g/mol. The van der Waals surface area contributed by atoms with Gasteiger partial charge in [0, 0.05) is 19.1 Å². The molecule has 0 saturated carbocycles. The summed E-state index contributed by atoms with van der Waals surface area (Å²) in [5, 5.41) is 0. The molecule has 1 atom stereocenters. The van der Waals surface area contributed by atoms with Crippen molar-refractivity contribution in [3.8, 4) is 0 Å². The minimum absolute atomic E-state index is 0.624. The van der Waals surface area contributed by atoms with Gasteiger partial charge in [0.05, 0.1) is 6.54 Å². The third-order valence-corrected chi connectivity index (χ3v) is 4.69. The minimum Gasteiger partial charge on any atom is -0.370 e. The van der Waals surface area contributed by atoms with Gasteiger partial charge in [-0.25, -0.2) is 0 Å². The summed E-state index contributed by atoms with van der Waals surface area (Å²) in [6, 6.07) is 0.624. The first-order valence-corrected chi connectivity index (χ1v) is 8.60. The van der Waals surface area contributed by atoms with E-state index in [0.29, 0.717) is 6.04 Å². The summed E-state index contributed by atoms with van der Waals surface area (Å²) in [7, 11) is 0. The Morgan fingerprint density at radius 1 is 1.10 bits per heavy atom. The fourth-order valence-corrected chi connectivity index (χ4v) is 3.34. The highest BCUT2D eigenvalue weighted by Gasteiger charge is 2.22. The summed E-state index contributed by atoms with van der Waals surface area (Å²) >= 11 is 0. The fraction of sp³-hybridized carbons (Fsp3) is 0.938. The molecule has 2 fully saturated rings. The van der Waals surface area contributed by atoms with Crippen molar-refractivity contribution in [2.24, 2.45) is 10.7 Å². The zero-order valence-electron chi connectivity index (χ0n) is 13.2. The van der Waals surface area contributed by atoms with E-state index < -0.39 is 0 Å². The van der Waals surface area contributed by atoms with Gasteiger partial charge < -0.3 is 10.6 Å². The first-order valence-electron chi connectivity index (χ1n) is 8.60. The predicted molar refractivity (Wildman–Crippen MR) is 86.0 cm³/mol. The molecule has 0 aliphatic carbocycles. The number of nitrogens with zero attached hydrogens (tertiary/aromatic N) is 3. The van der Waals surface area contributed by atoms with Crippen molar-refractivity contribution in [2.45, 2.75) is 64.3 Å². The molecule has 0 radical (unpaired) electrons. The van der Waals surface area contributed by atoms with Crippen LogP contribution in [0.4, 0.5) is 0 Å². The molecule has 2 aliphatic rings. The van der Waals surface area contributed by atoms with Crippen LogP contribution >= 0.6 is 0 Å². The molecule has 2 rings (SSSR count). The summed E-state index contributed by atoms with van der Waals surface area (Å²) < 4.78 is 0. The van der Waals surface area contributed by atoms with Crippen LogP contribution in [0.3, 0.4) is 0 Å². The normalized spacial score (nSPS) is 25.9. The van der Waals surface area contributed by atoms with Crippen molar-refractivity contribution in [3.63, 3.8) is 0 Å². The van der Waals surface area contributed by atoms with Crippen LogP contribution in [0.1, 0.15) is 58.3 Å². The number of aliphatic imine (C=N–C) groups is 1. The Morgan fingerprint density at radius 2 is 1.85 bits per heavy atom. The van der Waals surface area contributed by atoms with Crippen LogP contribution in [0, 0.1) is 0 Å². The van der Waals surface area contributed by atoms with Gasteiger partial charge in [-0.1, -0.05) is 19.8 Å². The largest absolute Gasteiger partial charge is 0.370 e. The lowest BCUT2D eigenvalue weighted by molar-refractivity contribution is 0.151. The van der Waals surface area contributed by atoms with Crippen LogP contribution in [-0.4, -0.2) is 54.5 Å². The summed E-state index contributed by atoms with van der Waals surface area (Å²) in [5.74, 6) is 0.783. The van der Waals surface area contributed by atoms with Gasteiger partial charge in [0.1, 0.15) is 0 Å². The second kappa shape index (κ2) is 8.50. The summed E-state index contributed by atoms with van der Waals surface area (Å²) in [6.45, 7) is 7.85. The Hall–Kier alpha value is -0.770. The van der Waals surface area contributed by atoms with Crippen molar-refractivity contribution in [2.75, 3.05) is 32.7 Å². The SMILES string of the molecule is CCCCN1CCCCC1CN=C(N)N1CCCCC1. The molecule has 0 aromatic carbocycles. The van der Waals surface area contributed by atoms with Gasteiger partial charge in [-0.2, -0.15) is 0 Å². The predicted octanol–water partition coefficient (Wildman–Crippen LogP) is 2.44. The number of rotatable bonds is 5. The van der Waals surface area contributed by atoms with E-state index in [9.17, 15) is 0 Å². The standard InChI is InChI=1S/C16H32N4/c1-2-3-10-19-11-8-5-9-15(19)14-18-16(17)20-12-6-4-7-13-20/h15H,2-14H2,1H3,(H2,17,18). The van der Waals surface area contributed by atoms with Gasteiger partial charge in [0.15, 0.2) is 5.96 Å². The topological polar surface area (TPSA) is 44.9 Å². The van der Waals surface area contributed by atoms with Gasteiger partial charge in [0.2, 0.25) is 0 Å². The fourth-order valence-electron chi connectivity index (χ4n) is 3.34. The third-order valence-electron chi connectivity index (χ3n) is 4.69. The summed E-state index contributed by atoms with van der Waals surface area (Å²) in [6.07, 6.45) is 10.5. The second-order valence-electron chi connectivity index (χ2n) is 6.29. The van der Waals surface area contributed by atoms with Crippen LogP contribution in [0.15, 0.2) is 4.99 Å². The molecular formula is C16H32N4. The average Bonchev–Trinajstić information content (AvgIpc) is 2.52. The lowest BCUT2D eigenvalue weighted by Gasteiger charge is -2.35. The Labute approximate surface area is 124 Å². The molecule has 4 nitrogen and oxygen atoms in total. The zero-order chi connectivity index (χ0) is 14.2. The van der Waals surface area contributed by atoms with E-state index in [1.165, 1.54) is 64.5 Å². The van der Waals surface area contributed by atoms with E-state index >= 15 is 0 Å². The first kappa shape index (κ1) is 15.6. The molecule has 0 aromatic heterocycles. The molecule has 4 heteroatoms. The number of unbranched alkanes of at least 4 members (excludes halogenated alkanes) is 1. The molecule has 1 unspecified atom stereocenters. The van der Waals surface area contributed by atoms with Gasteiger partial charge in [-0.3, -0.25) is 9.89 Å². The first-order chi connectivity index (χ1) is 9.81. The van der Waals surface area contributed by atoms with E-state index in [1.54, 1.807) is 0 Å². The molecule has 0 amide bonds. The van der Waals surface area contributed by atoms with E-state index in [-0.39, 0.29) is 0 Å². The Bertz CT molecular complexity index is 297. The Balaban J connectivity index is 1.82. The molecule has 0 aromatic rings. The van der Waals surface area contributed by atoms with Crippen LogP contribution in [0.5, 0.6) is 0 Å². The molecule has 2 heterocycles. The number of hydrogen-bond acceptors (Lipinski definition) is 2. The maximum Gasteiger partial charge on any atom is 0.191 e. The maximum atomic E-state index is 6.17. The lowest BCUT2D eigenvalue weighted by atomic mass is 10.0. The molecule has 2 N–H and O–H groups in total. The van der Waals surface area contributed by atoms with Gasteiger partial charge in [0.25, 0.3) is 0 Å². The zero-order valence-corrected chi connectivity index (χ0v) is 13.2. The van der Waals surface area contributed by atoms with Crippen molar-refractivity contribution >= 4 is 5.96 Å². The van der Waals surface area contributed by atoms with Crippen LogP contribution in [0.25, 0.3) is 0 Å². The van der Waals surface area contributed by atoms with Gasteiger partial charge in [-0.05, 0) is 51.6 Å². The molecule has 116 valence electrons. The van der Waals surface area contributed by atoms with Crippen LogP contribution in [-0.2, 0) is 0 Å². The Kier molecular flexibility index (Phi) is 6.64. The monoisotopic (exact) mass is 280 g/mol. The van der Waals surface area contributed by atoms with E-state index in [0.717, 1.165) is 25.6 Å². The maximum absolute atomic E-state index is 6.17. The second-order valence-corrected chi connectivity index (χ2v) is 6.29. The summed E-state index contributed by atoms with van der Waals surface area (Å²) in [5.41, 5.74) is 6.17. The number of hydrogen-bond donors (Lipinski definition) is 1. The lowest BCUT2D eigenvalue weighted by Crippen LogP contribution is -2.44. The number of nitrogens with two attached hydrogens (primary N) is 1. The molecule has 20 heavy (non-hydrogen) atoms.